The Morgan fingerprint density at radius 1 is 1.04 bits per heavy atom. The van der Waals surface area contributed by atoms with Crippen molar-refractivity contribution >= 4 is 17.7 Å². The van der Waals surface area contributed by atoms with Crippen molar-refractivity contribution in [3.8, 4) is 0 Å². The second-order valence-corrected chi connectivity index (χ2v) is 10.4. The molecule has 3 nitrogen and oxygen atoms in total. The molecule has 1 aliphatic heterocycles. The fourth-order valence-electron chi connectivity index (χ4n) is 6.24. The molecule has 0 N–H and O–H groups in total. The fraction of sp³-hybridized carbons (Fsp3) is 0.696. The molecule has 4 aliphatic carbocycles. The number of carbonyl (C=O) groups excluding carboxylic acids is 1. The average Bonchev–Trinajstić information content (AvgIpc) is 3.41. The van der Waals surface area contributed by atoms with Crippen LogP contribution in [-0.2, 0) is 14.3 Å². The van der Waals surface area contributed by atoms with E-state index in [2.05, 4.69) is 24.3 Å². The number of epoxide rings is 1. The molecular weight excluding hydrogens is 356 g/mol. The SMILES string of the molecule is O=C(OCCC[C@@H]1O[C@H]1CSc1ccccc1)C12CC3CC(CC(C3)C1)C2. The van der Waals surface area contributed by atoms with E-state index >= 15 is 0 Å². The third-order valence-corrected chi connectivity index (χ3v) is 8.28. The molecule has 6 rings (SSSR count). The lowest BCUT2D eigenvalue weighted by atomic mass is 9.49. The second kappa shape index (κ2) is 7.44. The summed E-state index contributed by atoms with van der Waals surface area (Å²) in [6.45, 7) is 0.568. The van der Waals surface area contributed by atoms with Gasteiger partial charge >= 0.3 is 5.97 Å². The van der Waals surface area contributed by atoms with Crippen molar-refractivity contribution in [1.29, 1.82) is 0 Å². The molecule has 4 heteroatoms. The van der Waals surface area contributed by atoms with Gasteiger partial charge in [0.25, 0.3) is 0 Å². The molecule has 1 aromatic carbocycles. The number of thioether (sulfide) groups is 1. The van der Waals surface area contributed by atoms with Crippen LogP contribution in [0.1, 0.15) is 51.4 Å². The van der Waals surface area contributed by atoms with Gasteiger partial charge in [-0.25, -0.2) is 0 Å². The van der Waals surface area contributed by atoms with Gasteiger partial charge in [0.2, 0.25) is 0 Å². The van der Waals surface area contributed by atoms with Crippen molar-refractivity contribution in [3.05, 3.63) is 30.3 Å². The van der Waals surface area contributed by atoms with Crippen LogP contribution >= 0.6 is 11.8 Å². The van der Waals surface area contributed by atoms with E-state index < -0.39 is 0 Å². The second-order valence-electron chi connectivity index (χ2n) is 9.31. The first kappa shape index (κ1) is 18.1. The summed E-state index contributed by atoms with van der Waals surface area (Å²) in [5.74, 6) is 3.53. The molecule has 5 aliphatic rings. The van der Waals surface area contributed by atoms with Crippen LogP contribution < -0.4 is 0 Å². The first-order chi connectivity index (χ1) is 13.2. The maximum Gasteiger partial charge on any atom is 0.312 e. The largest absolute Gasteiger partial charge is 0.465 e. The standard InChI is InChI=1S/C23H30O3S/c24-22(23-12-16-9-17(13-23)11-18(10-16)14-23)25-8-4-7-20-21(26-20)15-27-19-5-2-1-3-6-19/h1-3,5-6,16-18,20-21H,4,7-15H2/t16?,17?,18?,20-,21-,23?/m0/s1. The number of rotatable bonds is 8. The van der Waals surface area contributed by atoms with Crippen molar-refractivity contribution in [3.63, 3.8) is 0 Å². The Labute approximate surface area is 166 Å². The first-order valence-corrected chi connectivity index (χ1v) is 11.7. The van der Waals surface area contributed by atoms with Crippen LogP contribution in [0.3, 0.4) is 0 Å². The lowest BCUT2D eigenvalue weighted by Crippen LogP contribution is -2.50. The highest BCUT2D eigenvalue weighted by Gasteiger charge is 2.55. The minimum atomic E-state index is -0.111. The maximum absolute atomic E-state index is 12.8. The van der Waals surface area contributed by atoms with Crippen LogP contribution in [0.4, 0.5) is 0 Å². The highest BCUT2D eigenvalue weighted by molar-refractivity contribution is 7.99. The van der Waals surface area contributed by atoms with E-state index in [-0.39, 0.29) is 11.4 Å². The molecule has 4 saturated carbocycles. The summed E-state index contributed by atoms with van der Waals surface area (Å²) in [6, 6.07) is 10.5. The number of hydrogen-bond acceptors (Lipinski definition) is 4. The van der Waals surface area contributed by atoms with Gasteiger partial charge in [0.1, 0.15) is 0 Å². The third kappa shape index (κ3) is 3.93. The van der Waals surface area contributed by atoms with Gasteiger partial charge in [0, 0.05) is 10.6 Å². The summed E-state index contributed by atoms with van der Waals surface area (Å²) in [6.07, 6.45) is 10.1. The van der Waals surface area contributed by atoms with Gasteiger partial charge in [-0.15, -0.1) is 11.8 Å². The van der Waals surface area contributed by atoms with Crippen molar-refractivity contribution in [2.45, 2.75) is 68.5 Å². The zero-order valence-corrected chi connectivity index (χ0v) is 16.8. The van der Waals surface area contributed by atoms with Crippen LogP contribution in [0.5, 0.6) is 0 Å². The molecule has 5 fully saturated rings. The minimum Gasteiger partial charge on any atom is -0.465 e. The van der Waals surface area contributed by atoms with E-state index in [0.29, 0.717) is 18.8 Å². The summed E-state index contributed by atoms with van der Waals surface area (Å²) in [5.41, 5.74) is -0.111. The predicted molar refractivity (Wildman–Crippen MR) is 107 cm³/mol. The van der Waals surface area contributed by atoms with E-state index in [4.69, 9.17) is 9.47 Å². The van der Waals surface area contributed by atoms with Gasteiger partial charge in [-0.05, 0) is 81.3 Å². The van der Waals surface area contributed by atoms with Crippen LogP contribution in [0, 0.1) is 23.2 Å². The fourth-order valence-corrected chi connectivity index (χ4v) is 7.24. The maximum atomic E-state index is 12.8. The zero-order chi connectivity index (χ0) is 18.3. The molecule has 146 valence electrons. The molecule has 27 heavy (non-hydrogen) atoms. The average molecular weight is 387 g/mol. The predicted octanol–water partition coefficient (Wildman–Crippen LogP) is 5.09. The third-order valence-electron chi connectivity index (χ3n) is 7.18. The zero-order valence-electron chi connectivity index (χ0n) is 16.0. The normalized spacial score (nSPS) is 38.7. The van der Waals surface area contributed by atoms with E-state index in [9.17, 15) is 4.79 Å². The molecule has 1 heterocycles. The van der Waals surface area contributed by atoms with E-state index in [1.807, 2.05) is 17.8 Å². The van der Waals surface area contributed by atoms with Crippen LogP contribution in [-0.4, -0.2) is 30.5 Å². The molecule has 0 spiro atoms. The minimum absolute atomic E-state index is 0.111. The number of benzene rings is 1. The molecule has 0 unspecified atom stereocenters. The topological polar surface area (TPSA) is 38.8 Å². The monoisotopic (exact) mass is 386 g/mol. The summed E-state index contributed by atoms with van der Waals surface area (Å²) >= 11 is 1.86. The van der Waals surface area contributed by atoms with E-state index in [0.717, 1.165) is 55.6 Å². The molecule has 0 radical (unpaired) electrons. The highest BCUT2D eigenvalue weighted by atomic mass is 32.2. The highest BCUT2D eigenvalue weighted by Crippen LogP contribution is 2.60. The number of hydrogen-bond donors (Lipinski definition) is 0. The van der Waals surface area contributed by atoms with Gasteiger partial charge in [0.05, 0.1) is 24.2 Å². The Kier molecular flexibility index (Phi) is 4.97. The van der Waals surface area contributed by atoms with Crippen molar-refractivity contribution < 1.29 is 14.3 Å². The van der Waals surface area contributed by atoms with Gasteiger partial charge in [-0.3, -0.25) is 4.79 Å². The Morgan fingerprint density at radius 2 is 1.70 bits per heavy atom. The Balaban J connectivity index is 1.01. The molecule has 1 aromatic rings. The molecule has 2 atom stereocenters. The lowest BCUT2D eigenvalue weighted by Gasteiger charge is -2.55. The summed E-state index contributed by atoms with van der Waals surface area (Å²) in [4.78, 5) is 14.1. The molecule has 1 saturated heterocycles. The van der Waals surface area contributed by atoms with Crippen LogP contribution in [0.2, 0.25) is 0 Å². The van der Waals surface area contributed by atoms with Gasteiger partial charge < -0.3 is 9.47 Å². The van der Waals surface area contributed by atoms with E-state index in [1.54, 1.807) is 0 Å². The van der Waals surface area contributed by atoms with E-state index in [1.165, 1.54) is 24.2 Å². The van der Waals surface area contributed by atoms with Crippen LogP contribution in [0.25, 0.3) is 0 Å². The van der Waals surface area contributed by atoms with Crippen molar-refractivity contribution in [2.24, 2.45) is 23.2 Å². The quantitative estimate of drug-likeness (QED) is 0.270. The van der Waals surface area contributed by atoms with Crippen molar-refractivity contribution in [2.75, 3.05) is 12.4 Å². The number of carbonyl (C=O) groups is 1. The Hall–Kier alpha value is -1.00. The first-order valence-electron chi connectivity index (χ1n) is 10.7. The van der Waals surface area contributed by atoms with Crippen molar-refractivity contribution in [1.82, 2.24) is 0 Å². The molecular formula is C23H30O3S. The van der Waals surface area contributed by atoms with Gasteiger partial charge in [0.15, 0.2) is 0 Å². The molecule has 0 amide bonds. The lowest BCUT2D eigenvalue weighted by molar-refractivity contribution is -0.171. The summed E-state index contributed by atoms with van der Waals surface area (Å²) in [5, 5.41) is 0. The van der Waals surface area contributed by atoms with Gasteiger partial charge in [-0.1, -0.05) is 18.2 Å². The van der Waals surface area contributed by atoms with Gasteiger partial charge in [-0.2, -0.15) is 0 Å². The number of ether oxygens (including phenoxy) is 2. The molecule has 4 bridgehead atoms. The summed E-state index contributed by atoms with van der Waals surface area (Å²) < 4.78 is 11.6. The Bertz CT molecular complexity index is 638. The molecule has 0 aromatic heterocycles. The smallest absolute Gasteiger partial charge is 0.312 e. The summed E-state index contributed by atoms with van der Waals surface area (Å²) in [7, 11) is 0. The Morgan fingerprint density at radius 3 is 2.37 bits per heavy atom. The van der Waals surface area contributed by atoms with Crippen LogP contribution in [0.15, 0.2) is 35.2 Å². The number of esters is 1.